The van der Waals surface area contributed by atoms with Crippen molar-refractivity contribution in [2.24, 2.45) is 11.7 Å². The molecule has 0 saturated carbocycles. The average molecular weight is 269 g/mol. The number of nitrogens with two attached hydrogens (primary N) is 1. The SMILES string of the molecule is Cc1ccc(C(=O)NC(C)(CN)C(C)C)c(Cl)c1. The number of hydrogen-bond donors (Lipinski definition) is 2. The van der Waals surface area contributed by atoms with Gasteiger partial charge in [0.1, 0.15) is 0 Å². The van der Waals surface area contributed by atoms with Gasteiger partial charge in [0.05, 0.1) is 16.1 Å². The zero-order valence-corrected chi connectivity index (χ0v) is 12.1. The number of rotatable bonds is 4. The Morgan fingerprint density at radius 3 is 2.56 bits per heavy atom. The van der Waals surface area contributed by atoms with Crippen LogP contribution in [0.25, 0.3) is 0 Å². The maximum Gasteiger partial charge on any atom is 0.253 e. The first kappa shape index (κ1) is 15.0. The van der Waals surface area contributed by atoms with Crippen LogP contribution in [0.5, 0.6) is 0 Å². The number of halogens is 1. The number of amides is 1. The van der Waals surface area contributed by atoms with Crippen LogP contribution in [0.2, 0.25) is 5.02 Å². The van der Waals surface area contributed by atoms with E-state index in [4.69, 9.17) is 17.3 Å². The molecule has 0 aliphatic rings. The Labute approximate surface area is 114 Å². The summed E-state index contributed by atoms with van der Waals surface area (Å²) >= 11 is 6.08. The van der Waals surface area contributed by atoms with Crippen molar-refractivity contribution in [3.63, 3.8) is 0 Å². The number of nitrogens with one attached hydrogen (secondary N) is 1. The first-order chi connectivity index (χ1) is 8.30. The lowest BCUT2D eigenvalue weighted by atomic mass is 9.88. The number of benzene rings is 1. The van der Waals surface area contributed by atoms with Crippen molar-refractivity contribution in [3.05, 3.63) is 34.3 Å². The van der Waals surface area contributed by atoms with Crippen molar-refractivity contribution in [1.29, 1.82) is 0 Å². The predicted molar refractivity (Wildman–Crippen MR) is 76.0 cm³/mol. The van der Waals surface area contributed by atoms with Crippen LogP contribution in [0.3, 0.4) is 0 Å². The predicted octanol–water partition coefficient (Wildman–Crippen LogP) is 2.75. The van der Waals surface area contributed by atoms with Gasteiger partial charge in [-0.05, 0) is 37.5 Å². The average Bonchev–Trinajstić information content (AvgIpc) is 2.28. The molecular weight excluding hydrogens is 248 g/mol. The Morgan fingerprint density at radius 2 is 2.11 bits per heavy atom. The van der Waals surface area contributed by atoms with Crippen molar-refractivity contribution < 1.29 is 4.79 Å². The number of aryl methyl sites for hydroxylation is 1. The van der Waals surface area contributed by atoms with E-state index in [2.05, 4.69) is 5.32 Å². The molecule has 0 saturated heterocycles. The van der Waals surface area contributed by atoms with Crippen molar-refractivity contribution >= 4 is 17.5 Å². The highest BCUT2D eigenvalue weighted by molar-refractivity contribution is 6.33. The summed E-state index contributed by atoms with van der Waals surface area (Å²) in [5, 5.41) is 3.44. The third kappa shape index (κ3) is 3.24. The molecule has 4 heteroatoms. The van der Waals surface area contributed by atoms with Crippen LogP contribution in [0.4, 0.5) is 0 Å². The summed E-state index contributed by atoms with van der Waals surface area (Å²) < 4.78 is 0. The molecule has 0 heterocycles. The van der Waals surface area contributed by atoms with Crippen LogP contribution in [-0.4, -0.2) is 18.0 Å². The van der Waals surface area contributed by atoms with Gasteiger partial charge < -0.3 is 11.1 Å². The van der Waals surface area contributed by atoms with E-state index < -0.39 is 5.54 Å². The highest BCUT2D eigenvalue weighted by Gasteiger charge is 2.29. The summed E-state index contributed by atoms with van der Waals surface area (Å²) in [6.45, 7) is 8.33. The summed E-state index contributed by atoms with van der Waals surface area (Å²) in [4.78, 5) is 12.2. The third-order valence-corrected chi connectivity index (χ3v) is 3.78. The summed E-state index contributed by atoms with van der Waals surface area (Å²) in [5.74, 6) is 0.0670. The van der Waals surface area contributed by atoms with E-state index in [0.717, 1.165) is 5.56 Å². The molecule has 0 spiro atoms. The second-order valence-electron chi connectivity index (χ2n) is 5.21. The molecule has 0 aromatic heterocycles. The zero-order chi connectivity index (χ0) is 13.9. The smallest absolute Gasteiger partial charge is 0.253 e. The number of carbonyl (C=O) groups is 1. The second kappa shape index (κ2) is 5.72. The Balaban J connectivity index is 2.95. The minimum absolute atomic E-state index is 0.179. The molecule has 0 fully saturated rings. The number of hydrogen-bond acceptors (Lipinski definition) is 2. The molecule has 1 unspecified atom stereocenters. The molecule has 18 heavy (non-hydrogen) atoms. The van der Waals surface area contributed by atoms with Crippen LogP contribution < -0.4 is 11.1 Å². The Morgan fingerprint density at radius 1 is 1.50 bits per heavy atom. The summed E-state index contributed by atoms with van der Waals surface area (Å²) in [7, 11) is 0. The van der Waals surface area contributed by atoms with Gasteiger partial charge in [-0.2, -0.15) is 0 Å². The Kier molecular flexibility index (Phi) is 4.77. The molecular formula is C14H21ClN2O. The van der Waals surface area contributed by atoms with Gasteiger partial charge in [-0.3, -0.25) is 4.79 Å². The molecule has 0 aliphatic carbocycles. The van der Waals surface area contributed by atoms with Crippen molar-refractivity contribution in [1.82, 2.24) is 5.32 Å². The monoisotopic (exact) mass is 268 g/mol. The lowest BCUT2D eigenvalue weighted by Gasteiger charge is -2.33. The highest BCUT2D eigenvalue weighted by atomic mass is 35.5. The van der Waals surface area contributed by atoms with Gasteiger partial charge >= 0.3 is 0 Å². The van der Waals surface area contributed by atoms with Gasteiger partial charge in [-0.15, -0.1) is 0 Å². The maximum atomic E-state index is 12.2. The summed E-state index contributed by atoms with van der Waals surface area (Å²) in [6.07, 6.45) is 0. The van der Waals surface area contributed by atoms with Crippen molar-refractivity contribution in [2.45, 2.75) is 33.2 Å². The lowest BCUT2D eigenvalue weighted by Crippen LogP contribution is -2.55. The molecule has 1 aromatic carbocycles. The molecule has 1 atom stereocenters. The minimum atomic E-state index is -0.425. The van der Waals surface area contributed by atoms with Gasteiger partial charge in [-0.25, -0.2) is 0 Å². The molecule has 1 amide bonds. The molecule has 3 nitrogen and oxygen atoms in total. The molecule has 0 radical (unpaired) electrons. The zero-order valence-electron chi connectivity index (χ0n) is 11.4. The fourth-order valence-corrected chi connectivity index (χ4v) is 1.88. The molecule has 0 bridgehead atoms. The Bertz CT molecular complexity index is 445. The van der Waals surface area contributed by atoms with E-state index in [1.807, 2.05) is 33.8 Å². The fourth-order valence-electron chi connectivity index (χ4n) is 1.56. The lowest BCUT2D eigenvalue weighted by molar-refractivity contribution is 0.0883. The third-order valence-electron chi connectivity index (χ3n) is 3.47. The minimum Gasteiger partial charge on any atom is -0.345 e. The normalized spacial score (nSPS) is 14.4. The van der Waals surface area contributed by atoms with Crippen LogP contribution in [0.15, 0.2) is 18.2 Å². The summed E-state index contributed by atoms with van der Waals surface area (Å²) in [5.41, 5.74) is 6.84. The van der Waals surface area contributed by atoms with Crippen LogP contribution >= 0.6 is 11.6 Å². The van der Waals surface area contributed by atoms with E-state index >= 15 is 0 Å². The van der Waals surface area contributed by atoms with Gasteiger partial charge in [0.25, 0.3) is 5.91 Å². The van der Waals surface area contributed by atoms with Crippen molar-refractivity contribution in [3.8, 4) is 0 Å². The van der Waals surface area contributed by atoms with Gasteiger partial charge in [-0.1, -0.05) is 31.5 Å². The number of carbonyl (C=O) groups excluding carboxylic acids is 1. The fraction of sp³-hybridized carbons (Fsp3) is 0.500. The Hall–Kier alpha value is -1.06. The van der Waals surface area contributed by atoms with E-state index in [1.54, 1.807) is 12.1 Å². The van der Waals surface area contributed by atoms with Crippen LogP contribution in [0.1, 0.15) is 36.7 Å². The largest absolute Gasteiger partial charge is 0.345 e. The molecule has 1 rings (SSSR count). The topological polar surface area (TPSA) is 55.1 Å². The quantitative estimate of drug-likeness (QED) is 0.882. The molecule has 0 aliphatic heterocycles. The molecule has 1 aromatic rings. The van der Waals surface area contributed by atoms with Crippen LogP contribution in [0, 0.1) is 12.8 Å². The van der Waals surface area contributed by atoms with Gasteiger partial charge in [0.2, 0.25) is 0 Å². The molecule has 3 N–H and O–H groups in total. The van der Waals surface area contributed by atoms with E-state index in [-0.39, 0.29) is 11.8 Å². The maximum absolute atomic E-state index is 12.2. The van der Waals surface area contributed by atoms with Gasteiger partial charge in [0, 0.05) is 6.54 Å². The highest BCUT2D eigenvalue weighted by Crippen LogP contribution is 2.20. The summed E-state index contributed by atoms with van der Waals surface area (Å²) in [6, 6.07) is 5.39. The van der Waals surface area contributed by atoms with Gasteiger partial charge in [0.15, 0.2) is 0 Å². The van der Waals surface area contributed by atoms with E-state index in [1.165, 1.54) is 0 Å². The van der Waals surface area contributed by atoms with Crippen molar-refractivity contribution in [2.75, 3.05) is 6.54 Å². The standard InChI is InChI=1S/C14H21ClN2O/c1-9(2)14(4,8-16)17-13(18)11-6-5-10(3)7-12(11)15/h5-7,9H,8,16H2,1-4H3,(H,17,18). The first-order valence-corrected chi connectivity index (χ1v) is 6.46. The second-order valence-corrected chi connectivity index (χ2v) is 5.62. The first-order valence-electron chi connectivity index (χ1n) is 6.09. The van der Waals surface area contributed by atoms with Crippen LogP contribution in [-0.2, 0) is 0 Å². The molecule has 100 valence electrons. The van der Waals surface area contributed by atoms with E-state index in [0.29, 0.717) is 17.1 Å². The van der Waals surface area contributed by atoms with E-state index in [9.17, 15) is 4.79 Å².